The summed E-state index contributed by atoms with van der Waals surface area (Å²) in [7, 11) is 0. The van der Waals surface area contributed by atoms with E-state index >= 15 is 0 Å². The molecular weight excluding hydrogens is 418 g/mol. The molecule has 0 fully saturated rings. The Balaban J connectivity index is 1.59. The molecule has 0 aliphatic rings. The summed E-state index contributed by atoms with van der Waals surface area (Å²) < 4.78 is 4.19. The van der Waals surface area contributed by atoms with Crippen LogP contribution < -0.4 is 4.72 Å². The Morgan fingerprint density at radius 3 is 2.56 bits per heavy atom. The first-order chi connectivity index (χ1) is 15.7. The van der Waals surface area contributed by atoms with Crippen molar-refractivity contribution >= 4 is 28.9 Å². The molecule has 0 bridgehead atoms. The number of fused-ring (bicyclic) bond motifs is 1. The van der Waals surface area contributed by atoms with Crippen LogP contribution in [0.3, 0.4) is 0 Å². The Bertz CT molecular complexity index is 1410. The van der Waals surface area contributed by atoms with Gasteiger partial charge in [0.15, 0.2) is 0 Å². The molecule has 1 amide bonds. The third-order valence-electron chi connectivity index (χ3n) is 4.99. The number of carbonyl (C=O) groups excluding carboxylic acids is 1. The average molecular weight is 438 g/mol. The number of hydrogen-bond donors (Lipinski definition) is 1. The fraction of sp³-hybridized carbons (Fsp3) is 0.0400. The van der Waals surface area contributed by atoms with Crippen LogP contribution in [0.2, 0.25) is 0 Å². The lowest BCUT2D eigenvalue weighted by Crippen LogP contribution is -2.23. The van der Waals surface area contributed by atoms with Gasteiger partial charge in [-0.1, -0.05) is 42.5 Å². The second kappa shape index (κ2) is 8.64. The summed E-state index contributed by atoms with van der Waals surface area (Å²) in [5, 5.41) is 5.61. The van der Waals surface area contributed by atoms with Crippen molar-refractivity contribution in [2.24, 2.45) is 0 Å². The Kier molecular flexibility index (Phi) is 5.39. The highest BCUT2D eigenvalue weighted by Crippen LogP contribution is 2.34. The number of nitrogens with zero attached hydrogens (tertiary/aromatic N) is 4. The predicted molar refractivity (Wildman–Crippen MR) is 127 cm³/mol. The van der Waals surface area contributed by atoms with Gasteiger partial charge in [0.2, 0.25) is 0 Å². The molecule has 2 aromatic carbocycles. The van der Waals surface area contributed by atoms with Crippen LogP contribution in [0.15, 0.2) is 96.2 Å². The van der Waals surface area contributed by atoms with Gasteiger partial charge in [-0.15, -0.1) is 0 Å². The van der Waals surface area contributed by atoms with Crippen LogP contribution in [-0.4, -0.2) is 25.8 Å². The summed E-state index contributed by atoms with van der Waals surface area (Å²) >= 11 is 1.25. The lowest BCUT2D eigenvalue weighted by atomic mass is 10.0. The van der Waals surface area contributed by atoms with E-state index in [0.29, 0.717) is 11.4 Å². The number of aromatic nitrogens is 4. The summed E-state index contributed by atoms with van der Waals surface area (Å²) in [4.78, 5) is 23.0. The van der Waals surface area contributed by atoms with E-state index in [1.165, 1.54) is 16.6 Å². The SMILES string of the molecule is Cc1cccc(-c2nn(C(=O)NSc3ccccc3)cc2-c2ccnc3ccccc23)n1. The zero-order valence-corrected chi connectivity index (χ0v) is 18.1. The standard InChI is InChI=1S/C25H19N5OS/c1-17-8-7-13-23(27-17)24-21(19-14-15-26-22-12-6-5-11-20(19)22)16-30(28-24)25(31)29-32-18-9-3-2-4-10-18/h2-16H,1H3,(H,29,31). The van der Waals surface area contributed by atoms with Crippen LogP contribution in [0.1, 0.15) is 5.69 Å². The first-order valence-electron chi connectivity index (χ1n) is 10.1. The van der Waals surface area contributed by atoms with Gasteiger partial charge in [0.1, 0.15) is 5.69 Å². The minimum absolute atomic E-state index is 0.336. The molecule has 3 aromatic heterocycles. The van der Waals surface area contributed by atoms with Crippen LogP contribution >= 0.6 is 11.9 Å². The molecule has 0 aliphatic heterocycles. The van der Waals surface area contributed by atoms with Crippen molar-refractivity contribution in [3.8, 4) is 22.5 Å². The second-order valence-corrected chi connectivity index (χ2v) is 8.08. The molecule has 3 heterocycles. The third-order valence-corrected chi connectivity index (χ3v) is 5.78. The zero-order chi connectivity index (χ0) is 21.9. The van der Waals surface area contributed by atoms with Crippen molar-refractivity contribution < 1.29 is 4.79 Å². The molecule has 6 nitrogen and oxygen atoms in total. The van der Waals surface area contributed by atoms with E-state index in [-0.39, 0.29) is 6.03 Å². The van der Waals surface area contributed by atoms with Crippen molar-refractivity contribution in [3.05, 3.63) is 97.0 Å². The minimum Gasteiger partial charge on any atom is -0.276 e. The number of rotatable bonds is 4. The highest BCUT2D eigenvalue weighted by Gasteiger charge is 2.19. The monoisotopic (exact) mass is 437 g/mol. The molecule has 0 saturated carbocycles. The maximum Gasteiger partial charge on any atom is 0.352 e. The van der Waals surface area contributed by atoms with Gasteiger partial charge in [-0.2, -0.15) is 9.78 Å². The molecular formula is C25H19N5OS. The maximum absolute atomic E-state index is 12.9. The van der Waals surface area contributed by atoms with Gasteiger partial charge in [0.05, 0.1) is 11.2 Å². The van der Waals surface area contributed by atoms with Gasteiger partial charge in [0, 0.05) is 33.9 Å². The van der Waals surface area contributed by atoms with Crippen LogP contribution in [0.25, 0.3) is 33.4 Å². The minimum atomic E-state index is -0.336. The van der Waals surface area contributed by atoms with E-state index < -0.39 is 0 Å². The van der Waals surface area contributed by atoms with Crippen molar-refractivity contribution in [1.82, 2.24) is 24.5 Å². The second-order valence-electron chi connectivity index (χ2n) is 7.20. The molecule has 32 heavy (non-hydrogen) atoms. The van der Waals surface area contributed by atoms with Gasteiger partial charge in [0.25, 0.3) is 0 Å². The van der Waals surface area contributed by atoms with Crippen LogP contribution in [-0.2, 0) is 0 Å². The topological polar surface area (TPSA) is 72.7 Å². The number of pyridine rings is 2. The van der Waals surface area contributed by atoms with Gasteiger partial charge < -0.3 is 0 Å². The summed E-state index contributed by atoms with van der Waals surface area (Å²) in [6.45, 7) is 1.94. The highest BCUT2D eigenvalue weighted by atomic mass is 32.2. The van der Waals surface area contributed by atoms with Gasteiger partial charge in [-0.05, 0) is 60.8 Å². The van der Waals surface area contributed by atoms with E-state index in [1.54, 1.807) is 12.4 Å². The van der Waals surface area contributed by atoms with Gasteiger partial charge in [-0.25, -0.2) is 4.79 Å². The first-order valence-corrected chi connectivity index (χ1v) is 10.9. The van der Waals surface area contributed by atoms with E-state index in [2.05, 4.69) is 19.8 Å². The van der Waals surface area contributed by atoms with Crippen molar-refractivity contribution in [2.75, 3.05) is 0 Å². The lowest BCUT2D eigenvalue weighted by molar-refractivity contribution is 0.245. The molecule has 7 heteroatoms. The fourth-order valence-corrected chi connectivity index (χ4v) is 4.10. The van der Waals surface area contributed by atoms with E-state index in [1.807, 2.05) is 85.8 Å². The maximum atomic E-state index is 12.9. The normalized spacial score (nSPS) is 10.9. The Hall–Kier alpha value is -3.97. The van der Waals surface area contributed by atoms with Crippen LogP contribution in [0.4, 0.5) is 4.79 Å². The van der Waals surface area contributed by atoms with Gasteiger partial charge >= 0.3 is 6.03 Å². The molecule has 5 rings (SSSR count). The summed E-state index contributed by atoms with van der Waals surface area (Å²) in [5.41, 5.74) is 4.88. The quantitative estimate of drug-likeness (QED) is 0.363. The third kappa shape index (κ3) is 3.98. The summed E-state index contributed by atoms with van der Waals surface area (Å²) in [5.74, 6) is 0. The Morgan fingerprint density at radius 1 is 0.906 bits per heavy atom. The number of amides is 1. The number of hydrogen-bond acceptors (Lipinski definition) is 5. The number of nitrogens with one attached hydrogen (secondary N) is 1. The van der Waals surface area contributed by atoms with Crippen LogP contribution in [0, 0.1) is 6.92 Å². The lowest BCUT2D eigenvalue weighted by Gasteiger charge is -2.06. The molecule has 5 aromatic rings. The van der Waals surface area contributed by atoms with E-state index in [0.717, 1.165) is 32.6 Å². The summed E-state index contributed by atoms with van der Waals surface area (Å²) in [6, 6.07) is 25.0. The Labute approximate surface area is 189 Å². The average Bonchev–Trinajstić information content (AvgIpc) is 3.28. The smallest absolute Gasteiger partial charge is 0.276 e. The van der Waals surface area contributed by atoms with E-state index in [4.69, 9.17) is 0 Å². The van der Waals surface area contributed by atoms with E-state index in [9.17, 15) is 4.79 Å². The first kappa shape index (κ1) is 20.0. The number of carbonyl (C=O) groups is 1. The van der Waals surface area contributed by atoms with Crippen molar-refractivity contribution in [2.45, 2.75) is 11.8 Å². The predicted octanol–water partition coefficient (Wildman–Crippen LogP) is 5.73. The largest absolute Gasteiger partial charge is 0.352 e. The number of para-hydroxylation sites is 1. The Morgan fingerprint density at radius 2 is 1.72 bits per heavy atom. The fourth-order valence-electron chi connectivity index (χ4n) is 3.51. The molecule has 1 N–H and O–H groups in total. The highest BCUT2D eigenvalue weighted by molar-refractivity contribution is 7.98. The van der Waals surface area contributed by atoms with Gasteiger partial charge in [-0.3, -0.25) is 14.7 Å². The molecule has 0 spiro atoms. The molecule has 0 atom stereocenters. The zero-order valence-electron chi connectivity index (χ0n) is 17.3. The van der Waals surface area contributed by atoms with Crippen molar-refractivity contribution in [3.63, 3.8) is 0 Å². The van der Waals surface area contributed by atoms with Crippen molar-refractivity contribution in [1.29, 1.82) is 0 Å². The molecule has 0 aliphatic carbocycles. The molecule has 0 saturated heterocycles. The number of aryl methyl sites for hydroxylation is 1. The number of benzene rings is 2. The molecule has 0 radical (unpaired) electrons. The summed E-state index contributed by atoms with van der Waals surface area (Å²) in [6.07, 6.45) is 3.52. The molecule has 156 valence electrons. The molecule has 0 unspecified atom stereocenters. The van der Waals surface area contributed by atoms with Crippen LogP contribution in [0.5, 0.6) is 0 Å².